The largest absolute Gasteiger partial charge is 0.395 e. The summed E-state index contributed by atoms with van der Waals surface area (Å²) in [6, 6.07) is 0. The third-order valence-corrected chi connectivity index (χ3v) is 1.50. The molecule has 92 valence electrons. The zero-order chi connectivity index (χ0) is 11.7. The van der Waals surface area contributed by atoms with Crippen molar-refractivity contribution in [2.45, 2.75) is 60.3 Å². The molecular formula is C12H33NO. The maximum Gasteiger partial charge on any atom is 0.0555 e. The van der Waals surface area contributed by atoms with Gasteiger partial charge in [0.25, 0.3) is 0 Å². The Kier molecular flexibility index (Phi) is 40.7. The summed E-state index contributed by atoms with van der Waals surface area (Å²) in [6.07, 6.45) is 5.18. The van der Waals surface area contributed by atoms with E-state index in [1.54, 1.807) is 0 Å². The Morgan fingerprint density at radius 1 is 0.929 bits per heavy atom. The smallest absolute Gasteiger partial charge is 0.0555 e. The van der Waals surface area contributed by atoms with Crippen LogP contribution in [0.3, 0.4) is 0 Å². The molecule has 0 saturated heterocycles. The van der Waals surface area contributed by atoms with Crippen LogP contribution in [0.2, 0.25) is 0 Å². The summed E-state index contributed by atoms with van der Waals surface area (Å²) < 4.78 is 0. The number of aliphatic hydroxyl groups is 1. The minimum atomic E-state index is 0. The van der Waals surface area contributed by atoms with Gasteiger partial charge in [0.2, 0.25) is 0 Å². The zero-order valence-corrected chi connectivity index (χ0v) is 10.9. The number of aliphatic hydroxyl groups excluding tert-OH is 1. The quantitative estimate of drug-likeness (QED) is 0.627. The second-order valence-electron chi connectivity index (χ2n) is 2.53. The normalized spacial score (nSPS) is 8.14. The van der Waals surface area contributed by atoms with Gasteiger partial charge in [0.05, 0.1) is 6.61 Å². The van der Waals surface area contributed by atoms with Crippen molar-refractivity contribution in [3.8, 4) is 0 Å². The third-order valence-electron chi connectivity index (χ3n) is 1.50. The molecule has 0 bridgehead atoms. The van der Waals surface area contributed by atoms with Crippen LogP contribution in [0.15, 0.2) is 0 Å². The van der Waals surface area contributed by atoms with E-state index in [1.165, 1.54) is 25.7 Å². The first-order chi connectivity index (χ1) is 6.91. The second kappa shape index (κ2) is 29.3. The van der Waals surface area contributed by atoms with Crippen molar-refractivity contribution in [1.29, 1.82) is 0 Å². The van der Waals surface area contributed by atoms with Gasteiger partial charge in [-0.05, 0) is 13.0 Å². The first-order valence-corrected chi connectivity index (χ1v) is 6.23. The number of nitrogens with one attached hydrogen (secondary N) is 1. The molecule has 0 aromatic carbocycles. The molecule has 0 aliphatic heterocycles. The van der Waals surface area contributed by atoms with Gasteiger partial charge in [-0.3, -0.25) is 0 Å². The van der Waals surface area contributed by atoms with Crippen molar-refractivity contribution in [3.05, 3.63) is 0 Å². The fourth-order valence-corrected chi connectivity index (χ4v) is 0.881. The van der Waals surface area contributed by atoms with Crippen LogP contribution in [-0.2, 0) is 0 Å². The fourth-order valence-electron chi connectivity index (χ4n) is 0.881. The van der Waals surface area contributed by atoms with Crippen molar-refractivity contribution in [3.63, 3.8) is 0 Å². The number of unbranched alkanes of at least 4 members (excludes halogenated alkanes) is 3. The third kappa shape index (κ3) is 29.7. The molecule has 0 atom stereocenters. The van der Waals surface area contributed by atoms with E-state index in [-0.39, 0.29) is 8.03 Å². The topological polar surface area (TPSA) is 32.3 Å². The van der Waals surface area contributed by atoms with Crippen LogP contribution in [0, 0.1) is 0 Å². The summed E-state index contributed by atoms with van der Waals surface area (Å²) >= 11 is 0. The fraction of sp³-hybridized carbons (Fsp3) is 1.00. The van der Waals surface area contributed by atoms with Gasteiger partial charge in [-0.2, -0.15) is 0 Å². The molecule has 0 radical (unpaired) electrons. The first kappa shape index (κ1) is 19.5. The van der Waals surface area contributed by atoms with Gasteiger partial charge in [0.1, 0.15) is 0 Å². The summed E-state index contributed by atoms with van der Waals surface area (Å²) in [5.74, 6) is 0. The van der Waals surface area contributed by atoms with Crippen molar-refractivity contribution >= 4 is 0 Å². The van der Waals surface area contributed by atoms with Crippen LogP contribution in [0.25, 0.3) is 0 Å². The predicted molar refractivity (Wildman–Crippen MR) is 68.9 cm³/mol. The lowest BCUT2D eigenvalue weighted by molar-refractivity contribution is 0.292. The molecule has 0 unspecified atom stereocenters. The van der Waals surface area contributed by atoms with E-state index in [9.17, 15) is 0 Å². The number of hydrogen-bond donors (Lipinski definition) is 2. The molecule has 0 aliphatic carbocycles. The monoisotopic (exact) mass is 207 g/mol. The van der Waals surface area contributed by atoms with Crippen LogP contribution in [0.5, 0.6) is 0 Å². The Labute approximate surface area is 92.6 Å². The highest BCUT2D eigenvalue weighted by Crippen LogP contribution is 1.96. The molecule has 2 N–H and O–H groups in total. The van der Waals surface area contributed by atoms with Gasteiger partial charge >= 0.3 is 0 Å². The van der Waals surface area contributed by atoms with Crippen molar-refractivity contribution < 1.29 is 6.53 Å². The van der Waals surface area contributed by atoms with Gasteiger partial charge < -0.3 is 10.4 Å². The summed E-state index contributed by atoms with van der Waals surface area (Å²) in [5, 5.41) is 11.6. The van der Waals surface area contributed by atoms with E-state index in [1.807, 2.05) is 27.7 Å². The lowest BCUT2D eigenvalue weighted by atomic mass is 10.2. The molecule has 2 nitrogen and oxygen atoms in total. The standard InChI is InChI=1S/C8H19NO.2C2H6.H2/c1-2-3-4-5-6-9-7-8-10;2*1-2;/h9-10H,2-8H2,1H3;2*1-2H3;1H. The maximum atomic E-state index is 8.41. The Morgan fingerprint density at radius 3 is 1.93 bits per heavy atom. The van der Waals surface area contributed by atoms with E-state index in [4.69, 9.17) is 5.11 Å². The van der Waals surface area contributed by atoms with E-state index >= 15 is 0 Å². The van der Waals surface area contributed by atoms with Crippen LogP contribution in [0.4, 0.5) is 0 Å². The van der Waals surface area contributed by atoms with Crippen molar-refractivity contribution in [2.75, 3.05) is 19.7 Å². The van der Waals surface area contributed by atoms with Crippen LogP contribution >= 0.6 is 0 Å². The Balaban J connectivity index is -0.000000107. The van der Waals surface area contributed by atoms with Crippen molar-refractivity contribution in [1.82, 2.24) is 5.32 Å². The van der Waals surface area contributed by atoms with E-state index < -0.39 is 0 Å². The van der Waals surface area contributed by atoms with Gasteiger partial charge in [0, 0.05) is 7.97 Å². The molecule has 0 saturated carbocycles. The van der Waals surface area contributed by atoms with Gasteiger partial charge in [0.15, 0.2) is 0 Å². The molecule has 0 spiro atoms. The van der Waals surface area contributed by atoms with E-state index in [2.05, 4.69) is 12.2 Å². The molecule has 0 aliphatic rings. The second-order valence-corrected chi connectivity index (χ2v) is 2.53. The predicted octanol–water partition coefficient (Wildman–Crippen LogP) is 3.45. The Hall–Kier alpha value is -0.0800. The Bertz CT molecular complexity index is 55.6. The van der Waals surface area contributed by atoms with Gasteiger partial charge in [-0.15, -0.1) is 0 Å². The van der Waals surface area contributed by atoms with Crippen LogP contribution in [0.1, 0.15) is 61.7 Å². The summed E-state index contributed by atoms with van der Waals surface area (Å²) in [6.45, 7) is 12.3. The Morgan fingerprint density at radius 2 is 1.50 bits per heavy atom. The lowest BCUT2D eigenvalue weighted by Gasteiger charge is -2.00. The SMILES string of the molecule is CC.CC.CCCCCCNCCO.[HH]. The minimum absolute atomic E-state index is 0. The highest BCUT2D eigenvalue weighted by Gasteiger charge is 1.86. The number of hydrogen-bond acceptors (Lipinski definition) is 2. The molecule has 0 rings (SSSR count). The van der Waals surface area contributed by atoms with Crippen molar-refractivity contribution in [2.24, 2.45) is 0 Å². The molecule has 0 fully saturated rings. The summed E-state index contributed by atoms with van der Waals surface area (Å²) in [5.41, 5.74) is 0. The lowest BCUT2D eigenvalue weighted by Crippen LogP contribution is -2.19. The average Bonchev–Trinajstić information content (AvgIpc) is 2.29. The molecule has 0 aromatic heterocycles. The van der Waals surface area contributed by atoms with Crippen LogP contribution in [-0.4, -0.2) is 24.8 Å². The zero-order valence-electron chi connectivity index (χ0n) is 10.9. The summed E-state index contributed by atoms with van der Waals surface area (Å²) in [4.78, 5) is 0. The van der Waals surface area contributed by atoms with Gasteiger partial charge in [-0.25, -0.2) is 0 Å². The molecule has 0 aromatic rings. The molecule has 0 amide bonds. The molecule has 0 heterocycles. The molecular weight excluding hydrogens is 174 g/mol. The van der Waals surface area contributed by atoms with E-state index in [0.29, 0.717) is 0 Å². The first-order valence-electron chi connectivity index (χ1n) is 6.23. The van der Waals surface area contributed by atoms with E-state index in [0.717, 1.165) is 13.1 Å². The highest BCUT2D eigenvalue weighted by atomic mass is 16.3. The van der Waals surface area contributed by atoms with Crippen LogP contribution < -0.4 is 5.32 Å². The average molecular weight is 207 g/mol. The highest BCUT2D eigenvalue weighted by molar-refractivity contribution is 4.46. The summed E-state index contributed by atoms with van der Waals surface area (Å²) in [7, 11) is 0. The maximum absolute atomic E-state index is 8.41. The molecule has 2 heteroatoms. The minimum Gasteiger partial charge on any atom is -0.395 e. The molecule has 14 heavy (non-hydrogen) atoms. The van der Waals surface area contributed by atoms with Gasteiger partial charge in [-0.1, -0.05) is 53.9 Å². The number of rotatable bonds is 7.